The molecule has 0 bridgehead atoms. The summed E-state index contributed by atoms with van der Waals surface area (Å²) in [6.45, 7) is 0.567. The van der Waals surface area contributed by atoms with Gasteiger partial charge in [0.25, 0.3) is 0 Å². The van der Waals surface area contributed by atoms with Gasteiger partial charge < -0.3 is 14.6 Å². The molecule has 0 amide bonds. The first-order valence-electron chi connectivity index (χ1n) is 6.37. The molecule has 0 spiro atoms. The highest BCUT2D eigenvalue weighted by atomic mass is 19.1. The van der Waals surface area contributed by atoms with E-state index >= 15 is 0 Å². The molecular weight excluding hydrogens is 265 g/mol. The Morgan fingerprint density at radius 3 is 2.85 bits per heavy atom. The fraction of sp³-hybridized carbons (Fsp3) is 0.500. The Bertz CT molecular complexity index is 494. The number of esters is 1. The number of rotatable bonds is 4. The van der Waals surface area contributed by atoms with Gasteiger partial charge in [0.15, 0.2) is 0 Å². The summed E-state index contributed by atoms with van der Waals surface area (Å²) in [6, 6.07) is 4.05. The number of carbonyl (C=O) groups excluding carboxylic acids is 1. The lowest BCUT2D eigenvalue weighted by atomic mass is 10.1. The van der Waals surface area contributed by atoms with E-state index in [2.05, 4.69) is 0 Å². The van der Waals surface area contributed by atoms with Crippen LogP contribution in [-0.4, -0.2) is 48.9 Å². The molecule has 6 heteroatoms. The van der Waals surface area contributed by atoms with Gasteiger partial charge in [0.05, 0.1) is 20.3 Å². The second kappa shape index (κ2) is 6.19. The second-order valence-corrected chi connectivity index (χ2v) is 4.82. The van der Waals surface area contributed by atoms with Gasteiger partial charge in [0.2, 0.25) is 0 Å². The molecule has 20 heavy (non-hydrogen) atoms. The standard InChI is InChI=1S/C14H18FNO4/c1-19-11-4-3-9(12(15)6-11)7-16-8-10(17)5-13(16)14(18)20-2/h3-4,6,10,13,17H,5,7-8H2,1-2H3. The van der Waals surface area contributed by atoms with Crippen LogP contribution in [0, 0.1) is 5.82 Å². The Kier molecular flexibility index (Phi) is 4.57. The van der Waals surface area contributed by atoms with E-state index in [9.17, 15) is 14.3 Å². The molecule has 0 saturated carbocycles. The summed E-state index contributed by atoms with van der Waals surface area (Å²) >= 11 is 0. The maximum absolute atomic E-state index is 13.9. The zero-order valence-corrected chi connectivity index (χ0v) is 11.5. The number of hydrogen-bond acceptors (Lipinski definition) is 5. The summed E-state index contributed by atoms with van der Waals surface area (Å²) in [7, 11) is 2.78. The van der Waals surface area contributed by atoms with Gasteiger partial charge in [-0.15, -0.1) is 0 Å². The summed E-state index contributed by atoms with van der Waals surface area (Å²) in [6.07, 6.45) is -0.287. The van der Waals surface area contributed by atoms with E-state index in [0.717, 1.165) is 0 Å². The van der Waals surface area contributed by atoms with E-state index in [0.29, 0.717) is 24.3 Å². The number of ether oxygens (including phenoxy) is 2. The number of likely N-dealkylation sites (tertiary alicyclic amines) is 1. The van der Waals surface area contributed by atoms with Crippen LogP contribution in [0.5, 0.6) is 5.75 Å². The van der Waals surface area contributed by atoms with Crippen molar-refractivity contribution in [2.75, 3.05) is 20.8 Å². The van der Waals surface area contributed by atoms with Crippen molar-refractivity contribution >= 4 is 5.97 Å². The van der Waals surface area contributed by atoms with Crippen molar-refractivity contribution in [3.63, 3.8) is 0 Å². The first-order chi connectivity index (χ1) is 9.55. The smallest absolute Gasteiger partial charge is 0.323 e. The van der Waals surface area contributed by atoms with Crippen LogP contribution in [0.3, 0.4) is 0 Å². The molecule has 1 aromatic rings. The SMILES string of the molecule is COC(=O)C1CC(O)CN1Cc1ccc(OC)cc1F. The Hall–Kier alpha value is -1.66. The van der Waals surface area contributed by atoms with Gasteiger partial charge in [-0.2, -0.15) is 0 Å². The van der Waals surface area contributed by atoms with Crippen molar-refractivity contribution in [2.24, 2.45) is 0 Å². The molecule has 110 valence electrons. The summed E-state index contributed by atoms with van der Waals surface area (Å²) in [5, 5.41) is 9.68. The van der Waals surface area contributed by atoms with Crippen molar-refractivity contribution in [3.05, 3.63) is 29.6 Å². The highest BCUT2D eigenvalue weighted by Crippen LogP contribution is 2.24. The lowest BCUT2D eigenvalue weighted by Gasteiger charge is -2.22. The number of benzene rings is 1. The third-order valence-corrected chi connectivity index (χ3v) is 3.49. The highest BCUT2D eigenvalue weighted by Gasteiger charge is 2.36. The summed E-state index contributed by atoms with van der Waals surface area (Å²) in [5.74, 6) is -0.359. The van der Waals surface area contributed by atoms with E-state index in [1.807, 2.05) is 0 Å². The van der Waals surface area contributed by atoms with Crippen LogP contribution in [-0.2, 0) is 16.1 Å². The maximum atomic E-state index is 13.9. The van der Waals surface area contributed by atoms with Gasteiger partial charge in [-0.25, -0.2) is 4.39 Å². The molecule has 2 atom stereocenters. The molecule has 1 saturated heterocycles. The van der Waals surface area contributed by atoms with Crippen LogP contribution in [0.15, 0.2) is 18.2 Å². The summed E-state index contributed by atoms with van der Waals surface area (Å²) < 4.78 is 23.6. The third kappa shape index (κ3) is 3.08. The van der Waals surface area contributed by atoms with E-state index in [1.165, 1.54) is 20.3 Å². The molecule has 2 rings (SSSR count). The minimum atomic E-state index is -0.597. The molecule has 1 aliphatic rings. The summed E-state index contributed by atoms with van der Waals surface area (Å²) in [4.78, 5) is 13.4. The number of hydrogen-bond donors (Lipinski definition) is 1. The van der Waals surface area contributed by atoms with Crippen LogP contribution < -0.4 is 4.74 Å². The first-order valence-corrected chi connectivity index (χ1v) is 6.37. The van der Waals surface area contributed by atoms with Gasteiger partial charge in [0.1, 0.15) is 17.6 Å². The van der Waals surface area contributed by atoms with Crippen LogP contribution in [0.2, 0.25) is 0 Å². The quantitative estimate of drug-likeness (QED) is 0.834. The average Bonchev–Trinajstić information content (AvgIpc) is 2.81. The molecule has 1 aromatic carbocycles. The van der Waals surface area contributed by atoms with Crippen LogP contribution in [0.1, 0.15) is 12.0 Å². The fourth-order valence-corrected chi connectivity index (χ4v) is 2.44. The molecule has 1 N–H and O–H groups in total. The van der Waals surface area contributed by atoms with E-state index in [-0.39, 0.29) is 6.54 Å². The van der Waals surface area contributed by atoms with Gasteiger partial charge in [-0.05, 0) is 6.07 Å². The topological polar surface area (TPSA) is 59.0 Å². The predicted molar refractivity (Wildman–Crippen MR) is 69.8 cm³/mol. The molecule has 1 heterocycles. The number of halogens is 1. The Balaban J connectivity index is 2.13. The Morgan fingerprint density at radius 2 is 2.25 bits per heavy atom. The Labute approximate surface area is 116 Å². The van der Waals surface area contributed by atoms with Crippen molar-refractivity contribution in [1.29, 1.82) is 0 Å². The molecule has 0 radical (unpaired) electrons. The molecule has 0 aliphatic carbocycles. The minimum absolute atomic E-state index is 0.243. The van der Waals surface area contributed by atoms with E-state index in [4.69, 9.17) is 9.47 Å². The summed E-state index contributed by atoms with van der Waals surface area (Å²) in [5.41, 5.74) is 0.453. The van der Waals surface area contributed by atoms with Crippen LogP contribution in [0.4, 0.5) is 4.39 Å². The third-order valence-electron chi connectivity index (χ3n) is 3.49. The Morgan fingerprint density at radius 1 is 1.50 bits per heavy atom. The zero-order chi connectivity index (χ0) is 14.7. The second-order valence-electron chi connectivity index (χ2n) is 4.82. The molecule has 0 aromatic heterocycles. The highest BCUT2D eigenvalue weighted by molar-refractivity contribution is 5.76. The molecular formula is C14H18FNO4. The lowest BCUT2D eigenvalue weighted by Crippen LogP contribution is -2.36. The van der Waals surface area contributed by atoms with Crippen LogP contribution in [0.25, 0.3) is 0 Å². The van der Waals surface area contributed by atoms with Crippen molar-refractivity contribution in [1.82, 2.24) is 4.90 Å². The van der Waals surface area contributed by atoms with Gasteiger partial charge in [0, 0.05) is 31.1 Å². The van der Waals surface area contributed by atoms with E-state index < -0.39 is 23.9 Å². The number of nitrogens with zero attached hydrogens (tertiary/aromatic N) is 1. The zero-order valence-electron chi connectivity index (χ0n) is 11.5. The fourth-order valence-electron chi connectivity index (χ4n) is 2.44. The van der Waals surface area contributed by atoms with Gasteiger partial charge >= 0.3 is 5.97 Å². The number of carbonyl (C=O) groups is 1. The molecule has 5 nitrogen and oxygen atoms in total. The monoisotopic (exact) mass is 283 g/mol. The van der Waals surface area contributed by atoms with Crippen molar-refractivity contribution in [2.45, 2.75) is 25.1 Å². The molecule has 2 unspecified atom stereocenters. The van der Waals surface area contributed by atoms with Crippen molar-refractivity contribution < 1.29 is 23.8 Å². The van der Waals surface area contributed by atoms with Crippen LogP contribution >= 0.6 is 0 Å². The maximum Gasteiger partial charge on any atom is 0.323 e. The largest absolute Gasteiger partial charge is 0.497 e. The molecule has 1 fully saturated rings. The lowest BCUT2D eigenvalue weighted by molar-refractivity contribution is -0.146. The normalized spacial score (nSPS) is 22.8. The van der Waals surface area contributed by atoms with Gasteiger partial charge in [-0.1, -0.05) is 6.07 Å². The first kappa shape index (κ1) is 14.7. The number of β-amino-alcohol motifs (C(OH)–C–C–N with tert-alkyl or cyclic N) is 1. The molecule has 1 aliphatic heterocycles. The number of methoxy groups -OCH3 is 2. The van der Waals surface area contributed by atoms with Crippen molar-refractivity contribution in [3.8, 4) is 5.75 Å². The number of aliphatic hydroxyl groups is 1. The predicted octanol–water partition coefficient (Wildman–Crippen LogP) is 0.942. The van der Waals surface area contributed by atoms with E-state index in [1.54, 1.807) is 17.0 Å². The minimum Gasteiger partial charge on any atom is -0.497 e. The number of aliphatic hydroxyl groups excluding tert-OH is 1. The van der Waals surface area contributed by atoms with Gasteiger partial charge in [-0.3, -0.25) is 9.69 Å². The average molecular weight is 283 g/mol.